The van der Waals surface area contributed by atoms with Crippen LogP contribution in [0.1, 0.15) is 19.4 Å². The van der Waals surface area contributed by atoms with Crippen LogP contribution < -0.4 is 15.0 Å². The first-order chi connectivity index (χ1) is 14.1. The van der Waals surface area contributed by atoms with E-state index in [-0.39, 0.29) is 23.9 Å². The number of benzene rings is 2. The standard InChI is InChI=1S/C24H31N3O2/c1-18(2)25-24(28)21-16-19-8-6-7-11-22(19)27-13-12-26(17-23(21)27)14-15-29-20-9-4-3-5-10-20/h3-11,18,21,23H,12-17H2,1-2H3,(H,25,28). The number of piperazine rings is 1. The molecule has 1 N–H and O–H groups in total. The lowest BCUT2D eigenvalue weighted by Crippen LogP contribution is -2.61. The maximum absolute atomic E-state index is 13.0. The molecule has 0 spiro atoms. The van der Waals surface area contributed by atoms with Crippen LogP contribution in [0.2, 0.25) is 0 Å². The number of para-hydroxylation sites is 2. The summed E-state index contributed by atoms with van der Waals surface area (Å²) in [4.78, 5) is 17.9. The molecule has 4 rings (SSSR count). The van der Waals surface area contributed by atoms with E-state index >= 15 is 0 Å². The van der Waals surface area contributed by atoms with Gasteiger partial charge in [-0.3, -0.25) is 9.69 Å². The summed E-state index contributed by atoms with van der Waals surface area (Å²) in [5.41, 5.74) is 2.58. The lowest BCUT2D eigenvalue weighted by atomic mass is 9.83. The van der Waals surface area contributed by atoms with E-state index in [0.29, 0.717) is 6.61 Å². The molecule has 0 radical (unpaired) electrons. The Morgan fingerprint density at radius 1 is 1.10 bits per heavy atom. The van der Waals surface area contributed by atoms with E-state index in [9.17, 15) is 4.79 Å². The minimum atomic E-state index is -0.0230. The van der Waals surface area contributed by atoms with Crippen LogP contribution in [-0.2, 0) is 11.2 Å². The normalized spacial score (nSPS) is 21.4. The number of ether oxygens (including phenoxy) is 1. The number of hydrogen-bond acceptors (Lipinski definition) is 4. The Bertz CT molecular complexity index is 824. The number of carbonyl (C=O) groups is 1. The zero-order valence-electron chi connectivity index (χ0n) is 17.4. The van der Waals surface area contributed by atoms with Crippen molar-refractivity contribution in [3.63, 3.8) is 0 Å². The molecule has 0 bridgehead atoms. The van der Waals surface area contributed by atoms with E-state index in [2.05, 4.69) is 39.4 Å². The summed E-state index contributed by atoms with van der Waals surface area (Å²) in [6, 6.07) is 18.9. The van der Waals surface area contributed by atoms with E-state index < -0.39 is 0 Å². The molecule has 2 aromatic rings. The molecule has 2 unspecified atom stereocenters. The highest BCUT2D eigenvalue weighted by Gasteiger charge is 2.41. The summed E-state index contributed by atoms with van der Waals surface area (Å²) in [5.74, 6) is 1.06. The number of fused-ring (bicyclic) bond motifs is 3. The number of carbonyl (C=O) groups excluding carboxylic acids is 1. The summed E-state index contributed by atoms with van der Waals surface area (Å²) in [6.45, 7) is 8.42. The van der Waals surface area contributed by atoms with Gasteiger partial charge in [-0.05, 0) is 44.0 Å². The Hall–Kier alpha value is -2.53. The molecule has 1 amide bonds. The van der Waals surface area contributed by atoms with Crippen LogP contribution in [0.5, 0.6) is 5.75 Å². The molecule has 154 valence electrons. The first-order valence-electron chi connectivity index (χ1n) is 10.7. The van der Waals surface area contributed by atoms with Crippen LogP contribution in [0.4, 0.5) is 5.69 Å². The Morgan fingerprint density at radius 3 is 2.66 bits per heavy atom. The number of amides is 1. The quantitative estimate of drug-likeness (QED) is 0.820. The highest BCUT2D eigenvalue weighted by Crippen LogP contribution is 2.36. The smallest absolute Gasteiger partial charge is 0.225 e. The summed E-state index contributed by atoms with van der Waals surface area (Å²) < 4.78 is 5.89. The fraction of sp³-hybridized carbons (Fsp3) is 0.458. The molecule has 5 nitrogen and oxygen atoms in total. The zero-order chi connectivity index (χ0) is 20.2. The fourth-order valence-corrected chi connectivity index (χ4v) is 4.52. The summed E-state index contributed by atoms with van der Waals surface area (Å²) in [5, 5.41) is 3.15. The molecular formula is C24H31N3O2. The summed E-state index contributed by atoms with van der Waals surface area (Å²) in [6.07, 6.45) is 0.810. The molecule has 5 heteroatoms. The predicted molar refractivity (Wildman–Crippen MR) is 116 cm³/mol. The van der Waals surface area contributed by atoms with Crippen molar-refractivity contribution in [2.45, 2.75) is 32.4 Å². The second-order valence-electron chi connectivity index (χ2n) is 8.33. The van der Waals surface area contributed by atoms with Crippen LogP contribution in [0.25, 0.3) is 0 Å². The van der Waals surface area contributed by atoms with Gasteiger partial charge in [0.2, 0.25) is 5.91 Å². The van der Waals surface area contributed by atoms with E-state index in [4.69, 9.17) is 4.74 Å². The summed E-state index contributed by atoms with van der Waals surface area (Å²) >= 11 is 0. The van der Waals surface area contributed by atoms with Gasteiger partial charge in [0, 0.05) is 37.9 Å². The average molecular weight is 394 g/mol. The highest BCUT2D eigenvalue weighted by molar-refractivity contribution is 5.82. The third kappa shape index (κ3) is 4.56. The maximum Gasteiger partial charge on any atom is 0.225 e. The van der Waals surface area contributed by atoms with Gasteiger partial charge in [0.1, 0.15) is 12.4 Å². The van der Waals surface area contributed by atoms with Crippen molar-refractivity contribution in [2.75, 3.05) is 37.7 Å². The van der Waals surface area contributed by atoms with Gasteiger partial charge in [-0.15, -0.1) is 0 Å². The van der Waals surface area contributed by atoms with Gasteiger partial charge < -0.3 is 15.0 Å². The Morgan fingerprint density at radius 2 is 1.86 bits per heavy atom. The molecule has 1 saturated heterocycles. The Labute approximate surface area is 173 Å². The largest absolute Gasteiger partial charge is 0.492 e. The molecule has 0 saturated carbocycles. The summed E-state index contributed by atoms with van der Waals surface area (Å²) in [7, 11) is 0. The number of rotatable bonds is 6. The monoisotopic (exact) mass is 393 g/mol. The molecule has 0 aliphatic carbocycles. The van der Waals surface area contributed by atoms with E-state index in [1.807, 2.05) is 44.2 Å². The van der Waals surface area contributed by atoms with Crippen LogP contribution in [-0.4, -0.2) is 55.7 Å². The van der Waals surface area contributed by atoms with Crippen LogP contribution in [0, 0.1) is 5.92 Å². The fourth-order valence-electron chi connectivity index (χ4n) is 4.52. The number of anilines is 1. The molecule has 1 fully saturated rings. The van der Waals surface area contributed by atoms with Crippen molar-refractivity contribution in [1.82, 2.24) is 10.2 Å². The lowest BCUT2D eigenvalue weighted by Gasteiger charge is -2.49. The third-order valence-corrected chi connectivity index (χ3v) is 5.90. The SMILES string of the molecule is CC(C)NC(=O)C1Cc2ccccc2N2CCN(CCOc3ccccc3)CC12. The number of nitrogens with one attached hydrogen (secondary N) is 1. The number of nitrogens with zero attached hydrogens (tertiary/aromatic N) is 2. The molecule has 2 atom stereocenters. The zero-order valence-corrected chi connectivity index (χ0v) is 17.4. The van der Waals surface area contributed by atoms with Crippen molar-refractivity contribution < 1.29 is 9.53 Å². The lowest BCUT2D eigenvalue weighted by molar-refractivity contribution is -0.126. The first-order valence-corrected chi connectivity index (χ1v) is 10.7. The van der Waals surface area contributed by atoms with Gasteiger partial charge in [-0.25, -0.2) is 0 Å². The highest BCUT2D eigenvalue weighted by atomic mass is 16.5. The third-order valence-electron chi connectivity index (χ3n) is 5.90. The second-order valence-corrected chi connectivity index (χ2v) is 8.33. The van der Waals surface area contributed by atoms with Crippen LogP contribution in [0.15, 0.2) is 54.6 Å². The molecule has 2 aliphatic heterocycles. The van der Waals surface area contributed by atoms with Crippen molar-refractivity contribution in [2.24, 2.45) is 5.92 Å². The van der Waals surface area contributed by atoms with Crippen molar-refractivity contribution in [1.29, 1.82) is 0 Å². The maximum atomic E-state index is 13.0. The molecule has 2 heterocycles. The Kier molecular flexibility index (Phi) is 6.05. The van der Waals surface area contributed by atoms with E-state index in [1.165, 1.54) is 11.3 Å². The van der Waals surface area contributed by atoms with Gasteiger partial charge in [0.15, 0.2) is 0 Å². The van der Waals surface area contributed by atoms with E-state index in [0.717, 1.165) is 38.3 Å². The average Bonchev–Trinajstić information content (AvgIpc) is 2.73. The second kappa shape index (κ2) is 8.87. The molecular weight excluding hydrogens is 362 g/mol. The Balaban J connectivity index is 1.45. The van der Waals surface area contributed by atoms with Crippen LogP contribution >= 0.6 is 0 Å². The van der Waals surface area contributed by atoms with Gasteiger partial charge in [0.25, 0.3) is 0 Å². The van der Waals surface area contributed by atoms with E-state index in [1.54, 1.807) is 0 Å². The van der Waals surface area contributed by atoms with Crippen molar-refractivity contribution in [3.05, 3.63) is 60.2 Å². The predicted octanol–water partition coefficient (Wildman–Crippen LogP) is 2.95. The van der Waals surface area contributed by atoms with Gasteiger partial charge in [-0.1, -0.05) is 36.4 Å². The van der Waals surface area contributed by atoms with Gasteiger partial charge in [0.05, 0.1) is 12.0 Å². The molecule has 29 heavy (non-hydrogen) atoms. The van der Waals surface area contributed by atoms with Gasteiger partial charge >= 0.3 is 0 Å². The van der Waals surface area contributed by atoms with Crippen LogP contribution in [0.3, 0.4) is 0 Å². The van der Waals surface area contributed by atoms with Gasteiger partial charge in [-0.2, -0.15) is 0 Å². The number of hydrogen-bond donors (Lipinski definition) is 1. The van der Waals surface area contributed by atoms with Crippen molar-refractivity contribution >= 4 is 11.6 Å². The minimum Gasteiger partial charge on any atom is -0.492 e. The minimum absolute atomic E-state index is 0.0230. The molecule has 2 aromatic carbocycles. The molecule has 0 aromatic heterocycles. The topological polar surface area (TPSA) is 44.8 Å². The van der Waals surface area contributed by atoms with Crippen molar-refractivity contribution in [3.8, 4) is 5.75 Å². The molecule has 2 aliphatic rings. The first kappa shape index (κ1) is 19.8.